The van der Waals surface area contributed by atoms with Gasteiger partial charge in [-0.3, -0.25) is 4.79 Å². The normalized spacial score (nSPS) is 13.7. The van der Waals surface area contributed by atoms with Crippen LogP contribution in [-0.4, -0.2) is 22.7 Å². The van der Waals surface area contributed by atoms with Crippen LogP contribution in [0.5, 0.6) is 0 Å². The summed E-state index contributed by atoms with van der Waals surface area (Å²) >= 11 is 1.46. The third-order valence-electron chi connectivity index (χ3n) is 3.69. The molecule has 3 aromatic heterocycles. The lowest BCUT2D eigenvalue weighted by molar-refractivity contribution is 0.0528. The van der Waals surface area contributed by atoms with Gasteiger partial charge in [0.05, 0.1) is 18.5 Å². The van der Waals surface area contributed by atoms with Gasteiger partial charge in [-0.15, -0.1) is 0 Å². The number of amides is 1. The zero-order valence-electron chi connectivity index (χ0n) is 12.7. The second-order valence-electron chi connectivity index (χ2n) is 5.23. The fraction of sp³-hybridized carbons (Fsp3) is 0.250. The molecule has 0 aliphatic carbocycles. The van der Waals surface area contributed by atoms with Crippen LogP contribution in [0.15, 0.2) is 44.2 Å². The van der Waals surface area contributed by atoms with Crippen LogP contribution in [0.2, 0.25) is 0 Å². The van der Waals surface area contributed by atoms with Crippen molar-refractivity contribution in [1.82, 2.24) is 10.5 Å². The van der Waals surface area contributed by atoms with Crippen molar-refractivity contribution in [1.29, 1.82) is 0 Å². The number of furan rings is 1. The van der Waals surface area contributed by atoms with E-state index in [1.165, 1.54) is 17.6 Å². The van der Waals surface area contributed by atoms with Crippen molar-refractivity contribution in [2.75, 3.05) is 6.54 Å². The van der Waals surface area contributed by atoms with E-state index in [4.69, 9.17) is 8.94 Å². The number of carbonyl (C=O) groups is 1. The van der Waals surface area contributed by atoms with E-state index in [1.807, 2.05) is 10.8 Å². The lowest BCUT2D eigenvalue weighted by Gasteiger charge is -2.25. The Morgan fingerprint density at radius 3 is 2.83 bits per heavy atom. The summed E-state index contributed by atoms with van der Waals surface area (Å²) in [6.45, 7) is 3.34. The van der Waals surface area contributed by atoms with Crippen molar-refractivity contribution in [3.05, 3.63) is 63.6 Å². The van der Waals surface area contributed by atoms with Gasteiger partial charge in [-0.2, -0.15) is 11.3 Å². The molecular weight excluding hydrogens is 316 g/mol. The van der Waals surface area contributed by atoms with Crippen molar-refractivity contribution in [2.45, 2.75) is 19.4 Å². The number of nitrogens with zero attached hydrogens (tertiary/aromatic N) is 1. The number of thiophene rings is 1. The molecule has 0 saturated heterocycles. The van der Waals surface area contributed by atoms with E-state index in [1.54, 1.807) is 32.0 Å². The molecule has 0 fully saturated rings. The third kappa shape index (κ3) is 2.80. The zero-order chi connectivity index (χ0) is 16.4. The molecule has 2 N–H and O–H groups in total. The molecule has 1 amide bonds. The minimum Gasteiger partial charge on any atom is -0.466 e. The molecule has 23 heavy (non-hydrogen) atoms. The molecule has 0 unspecified atom stereocenters. The zero-order valence-corrected chi connectivity index (χ0v) is 13.5. The Balaban J connectivity index is 1.85. The number of hydrogen-bond donors (Lipinski definition) is 2. The highest BCUT2D eigenvalue weighted by Gasteiger charge is 2.36. The monoisotopic (exact) mass is 332 g/mol. The topological polar surface area (TPSA) is 88.5 Å². The Labute approximate surface area is 136 Å². The summed E-state index contributed by atoms with van der Waals surface area (Å²) in [5, 5.41) is 21.3. The van der Waals surface area contributed by atoms with E-state index in [-0.39, 0.29) is 12.5 Å². The standard InChI is InChI=1S/C16H16N2O4S/c1-10-14(11(2)22-18-10)15(19)17-9-16(20,12-5-7-23-8-12)13-4-3-6-21-13/h3-8,20H,9H2,1-2H3,(H,17,19)/t16-/m0/s1. The summed E-state index contributed by atoms with van der Waals surface area (Å²) in [7, 11) is 0. The highest BCUT2D eigenvalue weighted by atomic mass is 32.1. The summed E-state index contributed by atoms with van der Waals surface area (Å²) in [5.74, 6) is 0.466. The van der Waals surface area contributed by atoms with Crippen molar-refractivity contribution < 1.29 is 18.8 Å². The van der Waals surface area contributed by atoms with Crippen LogP contribution in [-0.2, 0) is 5.60 Å². The van der Waals surface area contributed by atoms with Gasteiger partial charge in [0.2, 0.25) is 0 Å². The van der Waals surface area contributed by atoms with Gasteiger partial charge in [0.15, 0.2) is 5.60 Å². The van der Waals surface area contributed by atoms with Gasteiger partial charge < -0.3 is 19.4 Å². The van der Waals surface area contributed by atoms with Crippen LogP contribution in [0.3, 0.4) is 0 Å². The van der Waals surface area contributed by atoms with Gasteiger partial charge >= 0.3 is 0 Å². The van der Waals surface area contributed by atoms with Crippen LogP contribution in [0.1, 0.15) is 33.1 Å². The van der Waals surface area contributed by atoms with E-state index in [0.29, 0.717) is 28.3 Å². The van der Waals surface area contributed by atoms with Gasteiger partial charge in [0.1, 0.15) is 17.1 Å². The van der Waals surface area contributed by atoms with Crippen LogP contribution in [0.4, 0.5) is 0 Å². The second-order valence-corrected chi connectivity index (χ2v) is 6.01. The van der Waals surface area contributed by atoms with Crippen molar-refractivity contribution in [3.63, 3.8) is 0 Å². The van der Waals surface area contributed by atoms with E-state index in [2.05, 4.69) is 10.5 Å². The number of carbonyl (C=O) groups excluding carboxylic acids is 1. The van der Waals surface area contributed by atoms with E-state index < -0.39 is 5.60 Å². The predicted octanol–water partition coefficient (Wildman–Crippen LogP) is 2.61. The first-order valence-corrected chi connectivity index (χ1v) is 7.97. The number of nitrogens with one attached hydrogen (secondary N) is 1. The first kappa shape index (κ1) is 15.5. The average Bonchev–Trinajstić information content (AvgIpc) is 3.27. The van der Waals surface area contributed by atoms with Gasteiger partial charge in [-0.1, -0.05) is 5.16 Å². The van der Waals surface area contributed by atoms with Crippen molar-refractivity contribution in [2.24, 2.45) is 0 Å². The maximum absolute atomic E-state index is 12.4. The lowest BCUT2D eigenvalue weighted by Crippen LogP contribution is -2.41. The highest BCUT2D eigenvalue weighted by molar-refractivity contribution is 7.08. The van der Waals surface area contributed by atoms with Gasteiger partial charge in [-0.05, 0) is 42.8 Å². The molecule has 7 heteroatoms. The quantitative estimate of drug-likeness (QED) is 0.750. The van der Waals surface area contributed by atoms with Crippen molar-refractivity contribution in [3.8, 4) is 0 Å². The SMILES string of the molecule is Cc1noc(C)c1C(=O)NC[C@](O)(c1ccsc1)c1ccco1. The molecule has 0 spiro atoms. The molecule has 120 valence electrons. The Kier molecular flexibility index (Phi) is 4.06. The lowest BCUT2D eigenvalue weighted by atomic mass is 9.93. The van der Waals surface area contributed by atoms with E-state index >= 15 is 0 Å². The fourth-order valence-electron chi connectivity index (χ4n) is 2.45. The maximum atomic E-state index is 12.4. The minimum absolute atomic E-state index is 0.0276. The molecule has 0 aliphatic heterocycles. The number of aliphatic hydroxyl groups is 1. The van der Waals surface area contributed by atoms with Gasteiger partial charge in [-0.25, -0.2) is 0 Å². The molecule has 0 aromatic carbocycles. The molecule has 3 aromatic rings. The summed E-state index contributed by atoms with van der Waals surface area (Å²) < 4.78 is 10.4. The molecular formula is C16H16N2O4S. The Hall–Kier alpha value is -2.38. The molecule has 1 atom stereocenters. The number of rotatable bonds is 5. The van der Waals surface area contributed by atoms with Gasteiger partial charge in [0.25, 0.3) is 5.91 Å². The third-order valence-corrected chi connectivity index (χ3v) is 4.38. The van der Waals surface area contributed by atoms with Crippen LogP contribution < -0.4 is 5.32 Å². The molecule has 3 rings (SSSR count). The van der Waals surface area contributed by atoms with Crippen LogP contribution >= 0.6 is 11.3 Å². The largest absolute Gasteiger partial charge is 0.466 e. The second kappa shape index (κ2) is 6.02. The molecule has 3 heterocycles. The number of aromatic nitrogens is 1. The average molecular weight is 332 g/mol. The van der Waals surface area contributed by atoms with Crippen molar-refractivity contribution >= 4 is 17.2 Å². The molecule has 0 saturated carbocycles. The maximum Gasteiger partial charge on any atom is 0.256 e. The number of hydrogen-bond acceptors (Lipinski definition) is 6. The predicted molar refractivity (Wildman–Crippen MR) is 84.3 cm³/mol. The minimum atomic E-state index is -1.43. The van der Waals surface area contributed by atoms with Gasteiger partial charge in [0, 0.05) is 5.56 Å². The van der Waals surface area contributed by atoms with E-state index in [0.717, 1.165) is 0 Å². The fourth-order valence-corrected chi connectivity index (χ4v) is 3.17. The molecule has 0 bridgehead atoms. The summed E-state index contributed by atoms with van der Waals surface area (Å²) in [6.07, 6.45) is 1.49. The summed E-state index contributed by atoms with van der Waals surface area (Å²) in [5.41, 5.74) is 0.128. The first-order chi connectivity index (χ1) is 11.0. The smallest absolute Gasteiger partial charge is 0.256 e. The van der Waals surface area contributed by atoms with Crippen LogP contribution in [0.25, 0.3) is 0 Å². The Bertz CT molecular complexity index is 737. The van der Waals surface area contributed by atoms with Crippen LogP contribution in [0, 0.1) is 13.8 Å². The highest BCUT2D eigenvalue weighted by Crippen LogP contribution is 2.31. The Morgan fingerprint density at radius 2 is 2.26 bits per heavy atom. The molecule has 0 radical (unpaired) electrons. The molecule has 6 nitrogen and oxygen atoms in total. The molecule has 0 aliphatic rings. The Morgan fingerprint density at radius 1 is 1.43 bits per heavy atom. The first-order valence-electron chi connectivity index (χ1n) is 7.02. The number of aryl methyl sites for hydroxylation is 2. The summed E-state index contributed by atoms with van der Waals surface area (Å²) in [4.78, 5) is 12.4. The summed E-state index contributed by atoms with van der Waals surface area (Å²) in [6, 6.07) is 5.18. The van der Waals surface area contributed by atoms with E-state index in [9.17, 15) is 9.90 Å².